The van der Waals surface area contributed by atoms with Crippen LogP contribution in [-0.2, 0) is 11.2 Å². The second-order valence-electron chi connectivity index (χ2n) is 6.77. The monoisotopic (exact) mass is 349 g/mol. The molecule has 2 aromatic heterocycles. The Labute approximate surface area is 153 Å². The van der Waals surface area contributed by atoms with Gasteiger partial charge in [-0.3, -0.25) is 4.79 Å². The summed E-state index contributed by atoms with van der Waals surface area (Å²) in [7, 11) is 1.67. The molecule has 1 saturated heterocycles. The summed E-state index contributed by atoms with van der Waals surface area (Å²) in [6.45, 7) is 2.77. The average molecular weight is 349 g/mol. The second-order valence-corrected chi connectivity index (χ2v) is 6.77. The van der Waals surface area contributed by atoms with Crippen LogP contribution in [0.1, 0.15) is 35.8 Å². The van der Waals surface area contributed by atoms with E-state index in [0.29, 0.717) is 6.42 Å². The minimum atomic E-state index is 0.122. The maximum atomic E-state index is 13.1. The number of ether oxygens (including phenoxy) is 1. The standard InChI is InChI=1S/C21H23N3O2/c1-15-19(23-11-4-3-10-20(23)22-15)14-21(25)24-12-6-9-18(24)16-7-5-8-17(13-16)26-2/h3-5,7-8,10-11,13,18H,6,9,12,14H2,1-2H3. The number of methoxy groups -OCH3 is 1. The highest BCUT2D eigenvalue weighted by atomic mass is 16.5. The van der Waals surface area contributed by atoms with Crippen LogP contribution in [0.2, 0.25) is 0 Å². The van der Waals surface area contributed by atoms with Crippen LogP contribution in [0, 0.1) is 6.92 Å². The van der Waals surface area contributed by atoms with Gasteiger partial charge in [0.1, 0.15) is 11.4 Å². The molecule has 0 bridgehead atoms. The average Bonchev–Trinajstić information content (AvgIpc) is 3.27. The first-order chi connectivity index (χ1) is 12.7. The zero-order chi connectivity index (χ0) is 18.1. The summed E-state index contributed by atoms with van der Waals surface area (Å²) >= 11 is 0. The number of benzene rings is 1. The van der Waals surface area contributed by atoms with Gasteiger partial charge in [0.25, 0.3) is 0 Å². The van der Waals surface area contributed by atoms with Crippen LogP contribution < -0.4 is 4.74 Å². The lowest BCUT2D eigenvalue weighted by molar-refractivity contribution is -0.131. The van der Waals surface area contributed by atoms with E-state index in [-0.39, 0.29) is 11.9 Å². The lowest BCUT2D eigenvalue weighted by Gasteiger charge is -2.25. The highest BCUT2D eigenvalue weighted by Gasteiger charge is 2.30. The molecule has 134 valence electrons. The van der Waals surface area contributed by atoms with Gasteiger partial charge in [-0.25, -0.2) is 4.98 Å². The smallest absolute Gasteiger partial charge is 0.229 e. The first kappa shape index (κ1) is 16.6. The van der Waals surface area contributed by atoms with Gasteiger partial charge < -0.3 is 14.0 Å². The molecule has 26 heavy (non-hydrogen) atoms. The van der Waals surface area contributed by atoms with E-state index in [9.17, 15) is 4.79 Å². The zero-order valence-electron chi connectivity index (χ0n) is 15.2. The molecule has 0 N–H and O–H groups in total. The number of aryl methyl sites for hydroxylation is 1. The van der Waals surface area contributed by atoms with E-state index >= 15 is 0 Å². The minimum absolute atomic E-state index is 0.122. The van der Waals surface area contributed by atoms with Crippen molar-refractivity contribution in [3.05, 3.63) is 65.6 Å². The lowest BCUT2D eigenvalue weighted by atomic mass is 10.0. The molecule has 1 fully saturated rings. The van der Waals surface area contributed by atoms with Crippen molar-refractivity contribution in [1.29, 1.82) is 0 Å². The molecule has 1 unspecified atom stereocenters. The number of pyridine rings is 1. The Kier molecular flexibility index (Phi) is 4.37. The summed E-state index contributed by atoms with van der Waals surface area (Å²) in [6, 6.07) is 14.1. The van der Waals surface area contributed by atoms with Crippen LogP contribution in [0.4, 0.5) is 0 Å². The molecule has 1 aliphatic heterocycles. The van der Waals surface area contributed by atoms with Crippen molar-refractivity contribution in [2.24, 2.45) is 0 Å². The lowest BCUT2D eigenvalue weighted by Crippen LogP contribution is -2.32. The number of imidazole rings is 1. The van der Waals surface area contributed by atoms with E-state index in [4.69, 9.17) is 4.74 Å². The van der Waals surface area contributed by atoms with E-state index in [2.05, 4.69) is 11.1 Å². The van der Waals surface area contributed by atoms with Crippen LogP contribution in [0.15, 0.2) is 48.7 Å². The Morgan fingerprint density at radius 1 is 1.27 bits per heavy atom. The predicted octanol–water partition coefficient (Wildman–Crippen LogP) is 3.56. The van der Waals surface area contributed by atoms with Gasteiger partial charge in [0, 0.05) is 12.7 Å². The van der Waals surface area contributed by atoms with Crippen LogP contribution in [0.5, 0.6) is 5.75 Å². The van der Waals surface area contributed by atoms with Gasteiger partial charge in [-0.05, 0) is 49.6 Å². The fourth-order valence-corrected chi connectivity index (χ4v) is 3.88. The van der Waals surface area contributed by atoms with Crippen molar-refractivity contribution in [2.45, 2.75) is 32.2 Å². The van der Waals surface area contributed by atoms with E-state index in [1.807, 2.05) is 58.8 Å². The molecular formula is C21H23N3O2. The van der Waals surface area contributed by atoms with Gasteiger partial charge >= 0.3 is 0 Å². The quantitative estimate of drug-likeness (QED) is 0.723. The summed E-state index contributed by atoms with van der Waals surface area (Å²) in [5.41, 5.74) is 3.92. The summed E-state index contributed by atoms with van der Waals surface area (Å²) in [6.07, 6.45) is 4.36. The topological polar surface area (TPSA) is 46.8 Å². The number of rotatable bonds is 4. The maximum absolute atomic E-state index is 13.1. The third-order valence-electron chi connectivity index (χ3n) is 5.20. The predicted molar refractivity (Wildman–Crippen MR) is 100 cm³/mol. The third-order valence-corrected chi connectivity index (χ3v) is 5.20. The van der Waals surface area contributed by atoms with Gasteiger partial charge in [0.05, 0.1) is 31.0 Å². The van der Waals surface area contributed by atoms with E-state index in [0.717, 1.165) is 47.7 Å². The number of amides is 1. The van der Waals surface area contributed by atoms with Gasteiger partial charge in [0.15, 0.2) is 0 Å². The SMILES string of the molecule is COc1cccc(C2CCCN2C(=O)Cc2c(C)nc3ccccn23)c1. The molecule has 1 amide bonds. The number of hydrogen-bond acceptors (Lipinski definition) is 3. The number of likely N-dealkylation sites (tertiary alicyclic amines) is 1. The van der Waals surface area contributed by atoms with Crippen LogP contribution in [0.25, 0.3) is 5.65 Å². The highest BCUT2D eigenvalue weighted by molar-refractivity contribution is 5.79. The van der Waals surface area contributed by atoms with Crippen molar-refractivity contribution in [2.75, 3.05) is 13.7 Å². The third kappa shape index (κ3) is 2.94. The maximum Gasteiger partial charge on any atom is 0.229 e. The summed E-state index contributed by atoms with van der Waals surface area (Å²) in [4.78, 5) is 19.7. The Hall–Kier alpha value is -2.82. The molecular weight excluding hydrogens is 326 g/mol. The zero-order valence-corrected chi connectivity index (χ0v) is 15.2. The molecule has 0 saturated carbocycles. The summed E-state index contributed by atoms with van der Waals surface area (Å²) < 4.78 is 7.36. The van der Waals surface area contributed by atoms with Gasteiger partial charge in [-0.2, -0.15) is 0 Å². The fraction of sp³-hybridized carbons (Fsp3) is 0.333. The number of carbonyl (C=O) groups excluding carboxylic acids is 1. The molecule has 5 heteroatoms. The Morgan fingerprint density at radius 2 is 2.15 bits per heavy atom. The van der Waals surface area contributed by atoms with Gasteiger partial charge in [0.2, 0.25) is 5.91 Å². The van der Waals surface area contributed by atoms with Crippen molar-refractivity contribution < 1.29 is 9.53 Å². The summed E-state index contributed by atoms with van der Waals surface area (Å²) in [5.74, 6) is 0.989. The molecule has 3 aromatic rings. The summed E-state index contributed by atoms with van der Waals surface area (Å²) in [5, 5.41) is 0. The fourth-order valence-electron chi connectivity index (χ4n) is 3.88. The molecule has 5 nitrogen and oxygen atoms in total. The Balaban J connectivity index is 1.59. The second kappa shape index (κ2) is 6.83. The van der Waals surface area contributed by atoms with Gasteiger partial charge in [-0.1, -0.05) is 18.2 Å². The first-order valence-corrected chi connectivity index (χ1v) is 9.03. The van der Waals surface area contributed by atoms with E-state index in [1.54, 1.807) is 7.11 Å². The molecule has 0 aliphatic carbocycles. The van der Waals surface area contributed by atoms with Crippen LogP contribution >= 0.6 is 0 Å². The molecule has 1 aromatic carbocycles. The first-order valence-electron chi connectivity index (χ1n) is 9.03. The largest absolute Gasteiger partial charge is 0.497 e. The number of nitrogens with zero attached hydrogens (tertiary/aromatic N) is 3. The van der Waals surface area contributed by atoms with Crippen LogP contribution in [0.3, 0.4) is 0 Å². The van der Waals surface area contributed by atoms with Crippen molar-refractivity contribution in [3.8, 4) is 5.75 Å². The van der Waals surface area contributed by atoms with E-state index in [1.165, 1.54) is 0 Å². The number of fused-ring (bicyclic) bond motifs is 1. The Bertz CT molecular complexity index is 947. The highest BCUT2D eigenvalue weighted by Crippen LogP contribution is 2.34. The van der Waals surface area contributed by atoms with Gasteiger partial charge in [-0.15, -0.1) is 0 Å². The molecule has 1 aliphatic rings. The molecule has 0 spiro atoms. The molecule has 4 rings (SSSR count). The number of aromatic nitrogens is 2. The number of carbonyl (C=O) groups is 1. The van der Waals surface area contributed by atoms with Crippen LogP contribution in [-0.4, -0.2) is 33.8 Å². The molecule has 3 heterocycles. The normalized spacial score (nSPS) is 17.0. The molecule has 1 atom stereocenters. The van der Waals surface area contributed by atoms with E-state index < -0.39 is 0 Å². The Morgan fingerprint density at radius 3 is 3.00 bits per heavy atom. The number of hydrogen-bond donors (Lipinski definition) is 0. The van der Waals surface area contributed by atoms with Crippen molar-refractivity contribution in [1.82, 2.24) is 14.3 Å². The van der Waals surface area contributed by atoms with Crippen molar-refractivity contribution in [3.63, 3.8) is 0 Å². The minimum Gasteiger partial charge on any atom is -0.497 e. The van der Waals surface area contributed by atoms with Crippen molar-refractivity contribution >= 4 is 11.6 Å². The molecule has 0 radical (unpaired) electrons.